The van der Waals surface area contributed by atoms with Crippen LogP contribution < -0.4 is 9.47 Å². The fourth-order valence-electron chi connectivity index (χ4n) is 3.93. The van der Waals surface area contributed by atoms with Crippen molar-refractivity contribution in [3.8, 4) is 11.5 Å². The smallest absolute Gasteiger partial charge is 0.307 e. The van der Waals surface area contributed by atoms with Gasteiger partial charge in [-0.3, -0.25) is 4.79 Å². The van der Waals surface area contributed by atoms with Crippen LogP contribution in [0.1, 0.15) is 21.5 Å². The van der Waals surface area contributed by atoms with E-state index in [-0.39, 0.29) is 22.1 Å². The van der Waals surface area contributed by atoms with Crippen LogP contribution in [0, 0.1) is 11.6 Å². The van der Waals surface area contributed by atoms with Gasteiger partial charge < -0.3 is 19.1 Å². The number of rotatable bonds is 3. The first kappa shape index (κ1) is 21.9. The highest BCUT2D eigenvalue weighted by Crippen LogP contribution is 2.50. The maximum absolute atomic E-state index is 15.0. The number of benzene rings is 3. The first-order valence-electron chi connectivity index (χ1n) is 10.2. The van der Waals surface area contributed by atoms with Gasteiger partial charge in [-0.2, -0.15) is 0 Å². The van der Waals surface area contributed by atoms with Crippen LogP contribution in [0.15, 0.2) is 54.6 Å². The second-order valence-electron chi connectivity index (χ2n) is 7.64. The monoisotopic (exact) mass is 491 g/mol. The van der Waals surface area contributed by atoms with Crippen molar-refractivity contribution in [3.63, 3.8) is 0 Å². The Hall–Kier alpha value is -2.87. The van der Waals surface area contributed by atoms with Gasteiger partial charge in [0.15, 0.2) is 11.5 Å². The number of amides is 1. The summed E-state index contributed by atoms with van der Waals surface area (Å²) in [6, 6.07) is 12.7. The Morgan fingerprint density at radius 3 is 2.24 bits per heavy atom. The van der Waals surface area contributed by atoms with E-state index in [1.165, 1.54) is 41.3 Å². The van der Waals surface area contributed by atoms with Crippen molar-refractivity contribution in [1.29, 1.82) is 0 Å². The van der Waals surface area contributed by atoms with E-state index in [1.54, 1.807) is 12.1 Å². The van der Waals surface area contributed by atoms with Gasteiger partial charge in [0.2, 0.25) is 0 Å². The number of fused-ring (bicyclic) bond motifs is 1. The zero-order chi connectivity index (χ0) is 23.2. The highest BCUT2D eigenvalue weighted by Gasteiger charge is 2.47. The zero-order valence-electron chi connectivity index (χ0n) is 17.1. The number of ether oxygens (including phenoxy) is 3. The molecule has 0 aliphatic carbocycles. The minimum Gasteiger partial charge on any atom is -0.440 e. The van der Waals surface area contributed by atoms with Gasteiger partial charge >= 0.3 is 5.79 Å². The lowest BCUT2D eigenvalue weighted by molar-refractivity contribution is -0.0459. The van der Waals surface area contributed by atoms with Crippen LogP contribution in [-0.4, -0.2) is 37.1 Å². The van der Waals surface area contributed by atoms with Gasteiger partial charge in [0.1, 0.15) is 11.6 Å². The Morgan fingerprint density at radius 2 is 1.58 bits per heavy atom. The summed E-state index contributed by atoms with van der Waals surface area (Å²) < 4.78 is 46.2. The molecule has 2 aliphatic rings. The minimum absolute atomic E-state index is 0.0846. The first-order valence-corrected chi connectivity index (χ1v) is 10.9. The average Bonchev–Trinajstić information content (AvgIpc) is 3.18. The molecule has 5 rings (SSSR count). The molecule has 1 atom stereocenters. The fourth-order valence-corrected chi connectivity index (χ4v) is 4.47. The largest absolute Gasteiger partial charge is 0.440 e. The Bertz CT molecular complexity index is 1230. The summed E-state index contributed by atoms with van der Waals surface area (Å²) in [7, 11) is 0. The Labute approximate surface area is 198 Å². The molecule has 0 spiro atoms. The van der Waals surface area contributed by atoms with Crippen LogP contribution >= 0.6 is 23.2 Å². The molecule has 1 saturated heterocycles. The average molecular weight is 492 g/mol. The third-order valence-corrected chi connectivity index (χ3v) is 6.13. The van der Waals surface area contributed by atoms with Gasteiger partial charge in [0.25, 0.3) is 5.91 Å². The van der Waals surface area contributed by atoms with Crippen LogP contribution in [-0.2, 0) is 10.5 Å². The maximum Gasteiger partial charge on any atom is 0.307 e. The minimum atomic E-state index is -1.63. The van der Waals surface area contributed by atoms with Crippen molar-refractivity contribution < 1.29 is 27.8 Å². The third kappa shape index (κ3) is 3.90. The van der Waals surface area contributed by atoms with Gasteiger partial charge in [0.05, 0.1) is 29.4 Å². The molecule has 1 amide bonds. The molecule has 0 unspecified atom stereocenters. The van der Waals surface area contributed by atoms with Crippen LogP contribution in [0.3, 0.4) is 0 Å². The molecule has 0 N–H and O–H groups in total. The summed E-state index contributed by atoms with van der Waals surface area (Å²) in [6.45, 7) is 1.51. The van der Waals surface area contributed by atoms with Crippen molar-refractivity contribution in [2.75, 3.05) is 26.3 Å². The van der Waals surface area contributed by atoms with Crippen LogP contribution in [0.2, 0.25) is 10.0 Å². The molecule has 2 heterocycles. The second-order valence-corrected chi connectivity index (χ2v) is 8.48. The first-order chi connectivity index (χ1) is 15.9. The predicted octanol–water partition coefficient (Wildman–Crippen LogP) is 5.42. The summed E-state index contributed by atoms with van der Waals surface area (Å²) >= 11 is 12.5. The topological polar surface area (TPSA) is 48.0 Å². The molecule has 0 aromatic heterocycles. The van der Waals surface area contributed by atoms with Crippen LogP contribution in [0.25, 0.3) is 0 Å². The molecule has 0 radical (unpaired) electrons. The zero-order valence-corrected chi connectivity index (χ0v) is 18.6. The fraction of sp³-hybridized carbons (Fsp3) is 0.208. The molecular formula is C24H17Cl2F2NO4. The lowest BCUT2D eigenvalue weighted by atomic mass is 9.97. The molecule has 5 nitrogen and oxygen atoms in total. The van der Waals surface area contributed by atoms with E-state index in [1.807, 2.05) is 0 Å². The van der Waals surface area contributed by atoms with Gasteiger partial charge in [-0.15, -0.1) is 0 Å². The van der Waals surface area contributed by atoms with Gasteiger partial charge in [-0.05, 0) is 48.5 Å². The molecule has 1 fully saturated rings. The summed E-state index contributed by atoms with van der Waals surface area (Å²) in [5, 5.41) is 0.641. The SMILES string of the molecule is O=C(c1cc2c(cc1F)O[C@](c1ccc(F)cc1)(c1ccc(Cl)cc1Cl)O2)N1CCOCC1. The molecule has 3 aromatic carbocycles. The third-order valence-electron chi connectivity index (χ3n) is 5.58. The van der Waals surface area contributed by atoms with E-state index in [2.05, 4.69) is 0 Å². The van der Waals surface area contributed by atoms with E-state index >= 15 is 0 Å². The Balaban J connectivity index is 1.59. The lowest BCUT2D eigenvalue weighted by Gasteiger charge is -2.29. The standard InChI is InChI=1S/C24H17Cl2F2NO4/c25-15-3-6-18(19(26)11-15)24(14-1-4-16(27)5-2-14)32-21-12-17(20(28)13-22(21)33-24)23(30)29-7-9-31-10-8-29/h1-6,11-13H,7-10H2/t24-/m1/s1. The molecular weight excluding hydrogens is 475 g/mol. The molecule has 0 saturated carbocycles. The van der Waals surface area contributed by atoms with Gasteiger partial charge in [0, 0.05) is 29.7 Å². The van der Waals surface area contributed by atoms with E-state index in [9.17, 15) is 13.6 Å². The van der Waals surface area contributed by atoms with Crippen LogP contribution in [0.4, 0.5) is 8.78 Å². The highest BCUT2D eigenvalue weighted by molar-refractivity contribution is 6.35. The quantitative estimate of drug-likeness (QED) is 0.491. The van der Waals surface area contributed by atoms with Crippen molar-refractivity contribution in [3.05, 3.63) is 93.0 Å². The second kappa shape index (κ2) is 8.48. The molecule has 3 aromatic rings. The summed E-state index contributed by atoms with van der Waals surface area (Å²) in [4.78, 5) is 14.4. The normalized spacial score (nSPS) is 19.6. The van der Waals surface area contributed by atoms with Crippen LogP contribution in [0.5, 0.6) is 11.5 Å². The van der Waals surface area contributed by atoms with E-state index in [0.29, 0.717) is 42.5 Å². The number of nitrogens with zero attached hydrogens (tertiary/aromatic N) is 1. The van der Waals surface area contributed by atoms with Crippen molar-refractivity contribution in [2.45, 2.75) is 5.79 Å². The molecule has 2 aliphatic heterocycles. The maximum atomic E-state index is 15.0. The summed E-state index contributed by atoms with van der Waals surface area (Å²) in [5.41, 5.74) is 0.667. The number of hydrogen-bond acceptors (Lipinski definition) is 4. The van der Waals surface area contributed by atoms with E-state index < -0.39 is 23.3 Å². The van der Waals surface area contributed by atoms with Crippen molar-refractivity contribution in [2.24, 2.45) is 0 Å². The van der Waals surface area contributed by atoms with Gasteiger partial charge in [-0.1, -0.05) is 23.2 Å². The number of hydrogen-bond donors (Lipinski definition) is 0. The molecule has 9 heteroatoms. The number of carbonyl (C=O) groups excluding carboxylic acids is 1. The number of halogens is 4. The Morgan fingerprint density at radius 1 is 0.909 bits per heavy atom. The van der Waals surface area contributed by atoms with Gasteiger partial charge in [-0.25, -0.2) is 8.78 Å². The molecule has 33 heavy (non-hydrogen) atoms. The highest BCUT2D eigenvalue weighted by atomic mass is 35.5. The van der Waals surface area contributed by atoms with E-state index in [4.69, 9.17) is 37.4 Å². The molecule has 0 bridgehead atoms. The number of carbonyl (C=O) groups is 1. The molecule has 170 valence electrons. The van der Waals surface area contributed by atoms with Crippen molar-refractivity contribution in [1.82, 2.24) is 4.90 Å². The van der Waals surface area contributed by atoms with Crippen molar-refractivity contribution >= 4 is 29.1 Å². The Kier molecular flexibility index (Phi) is 5.64. The lowest BCUT2D eigenvalue weighted by Crippen LogP contribution is -2.41. The summed E-state index contributed by atoms with van der Waals surface area (Å²) in [6.07, 6.45) is 0. The predicted molar refractivity (Wildman–Crippen MR) is 118 cm³/mol. The van der Waals surface area contributed by atoms with E-state index in [0.717, 1.165) is 6.07 Å². The number of morpholine rings is 1. The summed E-state index contributed by atoms with van der Waals surface area (Å²) in [5.74, 6) is -3.05.